The van der Waals surface area contributed by atoms with Gasteiger partial charge in [0, 0.05) is 5.56 Å². The van der Waals surface area contributed by atoms with Crippen molar-refractivity contribution in [2.75, 3.05) is 6.61 Å². The summed E-state index contributed by atoms with van der Waals surface area (Å²) in [6.07, 6.45) is 6.62. The molecule has 4 nitrogen and oxygen atoms in total. The molecular weight excluding hydrogens is 436 g/mol. The van der Waals surface area contributed by atoms with Gasteiger partial charge in [-0.3, -0.25) is 4.79 Å². The van der Waals surface area contributed by atoms with E-state index in [1.165, 1.54) is 5.56 Å². The predicted octanol–water partition coefficient (Wildman–Crippen LogP) is 8.08. The molecule has 0 saturated heterocycles. The smallest absolute Gasteiger partial charge is 0.343 e. The van der Waals surface area contributed by atoms with E-state index in [0.29, 0.717) is 24.3 Å². The van der Waals surface area contributed by atoms with E-state index in [4.69, 9.17) is 9.47 Å². The van der Waals surface area contributed by atoms with Crippen LogP contribution in [0, 0.1) is 6.92 Å². The van der Waals surface area contributed by atoms with Crippen LogP contribution >= 0.6 is 0 Å². The Labute approximate surface area is 212 Å². The summed E-state index contributed by atoms with van der Waals surface area (Å²) in [6, 6.07) is 11.8. The predicted molar refractivity (Wildman–Crippen MR) is 143 cm³/mol. The van der Waals surface area contributed by atoms with E-state index < -0.39 is 11.9 Å². The van der Waals surface area contributed by atoms with Gasteiger partial charge in [-0.05, 0) is 67.3 Å². The second kappa shape index (κ2) is 13.5. The molecule has 0 heterocycles. The molecule has 0 saturated carbocycles. The van der Waals surface area contributed by atoms with Crippen molar-refractivity contribution in [3.8, 4) is 5.75 Å². The molecule has 1 unspecified atom stereocenters. The Morgan fingerprint density at radius 1 is 0.943 bits per heavy atom. The zero-order chi connectivity index (χ0) is 26.0. The molecule has 0 aromatic heterocycles. The van der Waals surface area contributed by atoms with Crippen LogP contribution in [-0.4, -0.2) is 18.5 Å². The minimum atomic E-state index is -0.472. The summed E-state index contributed by atoms with van der Waals surface area (Å²) in [5.74, 6) is -0.651. The lowest BCUT2D eigenvalue weighted by Gasteiger charge is -2.28. The van der Waals surface area contributed by atoms with Crippen LogP contribution in [0.3, 0.4) is 0 Å². The van der Waals surface area contributed by atoms with Crippen molar-refractivity contribution in [3.63, 3.8) is 0 Å². The van der Waals surface area contributed by atoms with E-state index in [-0.39, 0.29) is 11.4 Å². The molecule has 35 heavy (non-hydrogen) atoms. The fourth-order valence-corrected chi connectivity index (χ4v) is 4.66. The number of aryl methyl sites for hydroxylation is 2. The number of ether oxygens (including phenoxy) is 2. The third-order valence-corrected chi connectivity index (χ3v) is 6.68. The summed E-state index contributed by atoms with van der Waals surface area (Å²) in [5.41, 5.74) is 4.42. The molecule has 0 spiro atoms. The molecule has 192 valence electrons. The van der Waals surface area contributed by atoms with Gasteiger partial charge in [0.05, 0.1) is 18.1 Å². The molecular formula is C31H44O4. The Bertz CT molecular complexity index is 972. The minimum absolute atomic E-state index is 0.0596. The Hall–Kier alpha value is -2.62. The van der Waals surface area contributed by atoms with Gasteiger partial charge in [0.25, 0.3) is 0 Å². The van der Waals surface area contributed by atoms with E-state index >= 15 is 0 Å². The van der Waals surface area contributed by atoms with Crippen molar-refractivity contribution in [2.24, 2.45) is 0 Å². The van der Waals surface area contributed by atoms with Gasteiger partial charge in [-0.15, -0.1) is 0 Å². The Balaban J connectivity index is 2.56. The zero-order valence-electron chi connectivity index (χ0n) is 22.8. The first-order valence-electron chi connectivity index (χ1n) is 13.3. The number of esters is 2. The average Bonchev–Trinajstić information content (AvgIpc) is 2.81. The van der Waals surface area contributed by atoms with Gasteiger partial charge in [0.1, 0.15) is 5.75 Å². The first-order valence-corrected chi connectivity index (χ1v) is 13.3. The van der Waals surface area contributed by atoms with Crippen LogP contribution in [0.1, 0.15) is 119 Å². The highest BCUT2D eigenvalue weighted by Gasteiger charge is 2.30. The first-order chi connectivity index (χ1) is 16.7. The van der Waals surface area contributed by atoms with Gasteiger partial charge in [-0.25, -0.2) is 4.79 Å². The number of carbonyl (C=O) groups is 2. The van der Waals surface area contributed by atoms with Crippen molar-refractivity contribution in [2.45, 2.75) is 105 Å². The van der Waals surface area contributed by atoms with Gasteiger partial charge >= 0.3 is 11.9 Å². The number of hydrogen-bond donors (Lipinski definition) is 0. The Kier molecular flexibility index (Phi) is 11.0. The second-order valence-corrected chi connectivity index (χ2v) is 10.1. The molecule has 0 N–H and O–H groups in total. The van der Waals surface area contributed by atoms with Crippen molar-refractivity contribution >= 4 is 11.9 Å². The van der Waals surface area contributed by atoms with E-state index in [1.807, 2.05) is 38.1 Å². The highest BCUT2D eigenvalue weighted by Crippen LogP contribution is 2.40. The van der Waals surface area contributed by atoms with Crippen LogP contribution in [0.4, 0.5) is 0 Å². The van der Waals surface area contributed by atoms with Crippen molar-refractivity contribution in [1.82, 2.24) is 0 Å². The van der Waals surface area contributed by atoms with Gasteiger partial charge in [0.15, 0.2) is 0 Å². The Morgan fingerprint density at radius 3 is 2.20 bits per heavy atom. The molecule has 2 aromatic rings. The standard InChI is InChI=1S/C31H44O4/c1-8-12-14-26(30(33)34-11-4)27-21-25(31(6,7)19-10-3)20-22(5)28(27)35-29(32)24-17-15-23(13-9-2)16-18-24/h15-18,20-21,26H,8-14,19H2,1-7H3. The molecule has 0 bridgehead atoms. The zero-order valence-corrected chi connectivity index (χ0v) is 22.8. The number of hydrogen-bond acceptors (Lipinski definition) is 4. The topological polar surface area (TPSA) is 52.6 Å². The fourth-order valence-electron chi connectivity index (χ4n) is 4.66. The lowest BCUT2D eigenvalue weighted by molar-refractivity contribution is -0.145. The molecule has 2 rings (SSSR count). The second-order valence-electron chi connectivity index (χ2n) is 10.1. The number of rotatable bonds is 13. The number of unbranched alkanes of at least 4 members (excludes halogenated alkanes) is 1. The van der Waals surface area contributed by atoms with Gasteiger partial charge in [0.2, 0.25) is 0 Å². The normalized spacial score (nSPS) is 12.3. The maximum absolute atomic E-state index is 13.2. The minimum Gasteiger partial charge on any atom is -0.466 e. The van der Waals surface area contributed by atoms with Crippen LogP contribution < -0.4 is 4.74 Å². The van der Waals surface area contributed by atoms with E-state index in [0.717, 1.165) is 55.2 Å². The molecule has 0 aliphatic rings. The molecule has 0 fully saturated rings. The van der Waals surface area contributed by atoms with Gasteiger partial charge < -0.3 is 9.47 Å². The molecule has 0 aliphatic carbocycles. The SMILES string of the molecule is CCCCC(C(=O)OCC)c1cc(C(C)(C)CCC)cc(C)c1OC(=O)c1ccc(CCC)cc1. The monoisotopic (exact) mass is 480 g/mol. The summed E-state index contributed by atoms with van der Waals surface area (Å²) >= 11 is 0. The summed E-state index contributed by atoms with van der Waals surface area (Å²) in [6.45, 7) is 15.0. The molecule has 1 atom stereocenters. The lowest BCUT2D eigenvalue weighted by atomic mass is 9.78. The van der Waals surface area contributed by atoms with Gasteiger partial charge in [-0.1, -0.05) is 84.6 Å². The van der Waals surface area contributed by atoms with Crippen molar-refractivity contribution in [3.05, 3.63) is 64.2 Å². The summed E-state index contributed by atoms with van der Waals surface area (Å²) in [5, 5.41) is 0. The molecule has 4 heteroatoms. The molecule has 2 aromatic carbocycles. The quantitative estimate of drug-likeness (QED) is 0.215. The Morgan fingerprint density at radius 2 is 1.63 bits per heavy atom. The first kappa shape index (κ1) is 28.6. The van der Waals surface area contributed by atoms with Crippen molar-refractivity contribution < 1.29 is 19.1 Å². The highest BCUT2D eigenvalue weighted by atomic mass is 16.5. The number of benzene rings is 2. The number of carbonyl (C=O) groups excluding carboxylic acids is 2. The maximum Gasteiger partial charge on any atom is 0.343 e. The van der Waals surface area contributed by atoms with Crippen LogP contribution in [-0.2, 0) is 21.4 Å². The van der Waals surface area contributed by atoms with Crippen LogP contribution in [0.25, 0.3) is 0 Å². The molecule has 0 radical (unpaired) electrons. The molecule has 0 aliphatic heterocycles. The van der Waals surface area contributed by atoms with Gasteiger partial charge in [-0.2, -0.15) is 0 Å². The van der Waals surface area contributed by atoms with E-state index in [9.17, 15) is 9.59 Å². The maximum atomic E-state index is 13.2. The van der Waals surface area contributed by atoms with Crippen LogP contribution in [0.5, 0.6) is 5.75 Å². The largest absolute Gasteiger partial charge is 0.466 e. The summed E-state index contributed by atoms with van der Waals surface area (Å²) in [7, 11) is 0. The lowest BCUT2D eigenvalue weighted by Crippen LogP contribution is -2.22. The highest BCUT2D eigenvalue weighted by molar-refractivity contribution is 5.92. The van der Waals surface area contributed by atoms with E-state index in [2.05, 4.69) is 46.8 Å². The van der Waals surface area contributed by atoms with Crippen LogP contribution in [0.15, 0.2) is 36.4 Å². The summed E-state index contributed by atoms with van der Waals surface area (Å²) < 4.78 is 11.5. The molecule has 0 amide bonds. The third kappa shape index (κ3) is 7.68. The van der Waals surface area contributed by atoms with E-state index in [1.54, 1.807) is 0 Å². The third-order valence-electron chi connectivity index (χ3n) is 6.68. The van der Waals surface area contributed by atoms with Crippen molar-refractivity contribution in [1.29, 1.82) is 0 Å². The summed E-state index contributed by atoms with van der Waals surface area (Å²) in [4.78, 5) is 26.3. The van der Waals surface area contributed by atoms with Crippen LogP contribution in [0.2, 0.25) is 0 Å². The fraction of sp³-hybridized carbons (Fsp3) is 0.548. The average molecular weight is 481 g/mol.